The highest BCUT2D eigenvalue weighted by atomic mass is 32.2. The van der Waals surface area contributed by atoms with E-state index in [9.17, 15) is 26.4 Å². The van der Waals surface area contributed by atoms with E-state index in [0.717, 1.165) is 6.07 Å². The number of methoxy groups -OCH3 is 2. The normalized spacial score (nSPS) is 11.6. The molecule has 2 rings (SSSR count). The minimum atomic E-state index is -4.46. The lowest BCUT2D eigenvalue weighted by atomic mass is 10.1. The molecule has 158 valence electrons. The molecular weight excluding hydrogens is 417 g/mol. The van der Waals surface area contributed by atoms with E-state index in [4.69, 9.17) is 9.47 Å². The molecule has 13 heteroatoms. The number of amides is 2. The van der Waals surface area contributed by atoms with Crippen molar-refractivity contribution in [2.75, 3.05) is 19.5 Å². The number of rotatable bonds is 7. The highest BCUT2D eigenvalue weighted by Crippen LogP contribution is 2.25. The molecule has 0 aliphatic rings. The summed E-state index contributed by atoms with van der Waals surface area (Å²) >= 11 is 0. The topological polar surface area (TPSA) is 120 Å². The summed E-state index contributed by atoms with van der Waals surface area (Å²) in [5.74, 6) is -0.209. The van der Waals surface area contributed by atoms with Gasteiger partial charge in [0, 0.05) is 6.42 Å². The first-order chi connectivity index (χ1) is 13.5. The van der Waals surface area contributed by atoms with Crippen molar-refractivity contribution in [1.82, 2.24) is 14.7 Å². The third-order valence-electron chi connectivity index (χ3n) is 3.49. The van der Waals surface area contributed by atoms with Crippen LogP contribution in [-0.4, -0.2) is 44.8 Å². The molecule has 0 spiro atoms. The number of nitrogens with one attached hydrogen (secondary N) is 2. The van der Waals surface area contributed by atoms with Crippen molar-refractivity contribution in [3.8, 4) is 11.8 Å². The quantitative estimate of drug-likeness (QED) is 0.687. The average Bonchev–Trinajstić information content (AvgIpc) is 2.65. The first-order valence-electron chi connectivity index (χ1n) is 7.99. The molecular formula is C16H17F3N4O5S. The minimum absolute atomic E-state index is 0.0486. The summed E-state index contributed by atoms with van der Waals surface area (Å²) in [7, 11) is -1.83. The molecule has 0 saturated carbocycles. The maximum Gasteiger partial charge on any atom is 0.389 e. The van der Waals surface area contributed by atoms with Crippen LogP contribution in [0.25, 0.3) is 0 Å². The summed E-state index contributed by atoms with van der Waals surface area (Å²) < 4.78 is 73.9. The van der Waals surface area contributed by atoms with Crippen LogP contribution in [0.1, 0.15) is 12.0 Å². The van der Waals surface area contributed by atoms with E-state index in [1.807, 2.05) is 0 Å². The lowest BCUT2D eigenvalue weighted by Crippen LogP contribution is -2.35. The van der Waals surface area contributed by atoms with Gasteiger partial charge in [-0.3, -0.25) is 5.32 Å². The molecule has 1 heterocycles. The first-order valence-corrected chi connectivity index (χ1v) is 9.48. The average molecular weight is 434 g/mol. The molecule has 1 aromatic heterocycles. The van der Waals surface area contributed by atoms with Gasteiger partial charge < -0.3 is 9.47 Å². The van der Waals surface area contributed by atoms with Gasteiger partial charge in [-0.15, -0.1) is 0 Å². The Balaban J connectivity index is 2.18. The number of benzene rings is 1. The Morgan fingerprint density at radius 3 is 2.24 bits per heavy atom. The zero-order valence-corrected chi connectivity index (χ0v) is 16.1. The van der Waals surface area contributed by atoms with Gasteiger partial charge in [-0.05, 0) is 18.1 Å². The molecule has 9 nitrogen and oxygen atoms in total. The van der Waals surface area contributed by atoms with E-state index < -0.39 is 40.0 Å². The molecule has 0 bridgehead atoms. The van der Waals surface area contributed by atoms with Crippen LogP contribution in [0.2, 0.25) is 0 Å². The van der Waals surface area contributed by atoms with Crippen molar-refractivity contribution in [3.05, 3.63) is 35.9 Å². The molecule has 2 amide bonds. The minimum Gasteiger partial charge on any atom is -0.481 e. The van der Waals surface area contributed by atoms with Crippen LogP contribution >= 0.6 is 0 Å². The van der Waals surface area contributed by atoms with E-state index in [0.29, 0.717) is 0 Å². The second-order valence-corrected chi connectivity index (χ2v) is 7.21. The first kappa shape index (κ1) is 22.2. The number of nitrogens with zero attached hydrogens (tertiary/aromatic N) is 2. The molecule has 0 fully saturated rings. The van der Waals surface area contributed by atoms with Crippen LogP contribution in [0.15, 0.2) is 35.2 Å². The van der Waals surface area contributed by atoms with Crippen molar-refractivity contribution in [3.63, 3.8) is 0 Å². The summed E-state index contributed by atoms with van der Waals surface area (Å²) in [4.78, 5) is 19.3. The highest BCUT2D eigenvalue weighted by molar-refractivity contribution is 7.90. The summed E-state index contributed by atoms with van der Waals surface area (Å²) in [5, 5.41) is 2.10. The van der Waals surface area contributed by atoms with Crippen LogP contribution < -0.4 is 19.5 Å². The van der Waals surface area contributed by atoms with E-state index in [2.05, 4.69) is 15.3 Å². The zero-order valence-electron chi connectivity index (χ0n) is 15.3. The summed E-state index contributed by atoms with van der Waals surface area (Å²) in [6.45, 7) is 0. The second-order valence-electron chi connectivity index (χ2n) is 5.56. The number of sulfonamides is 1. The Morgan fingerprint density at radius 1 is 1.10 bits per heavy atom. The van der Waals surface area contributed by atoms with Gasteiger partial charge >= 0.3 is 12.2 Å². The van der Waals surface area contributed by atoms with Crippen LogP contribution in [0.5, 0.6) is 11.8 Å². The number of ether oxygens (including phenoxy) is 2. The molecule has 0 aliphatic carbocycles. The number of alkyl halides is 3. The van der Waals surface area contributed by atoms with Gasteiger partial charge in [0.1, 0.15) is 0 Å². The predicted octanol–water partition coefficient (Wildman–Crippen LogP) is 2.50. The third-order valence-corrected chi connectivity index (χ3v) is 4.92. The fraction of sp³-hybridized carbons (Fsp3) is 0.312. The maximum absolute atomic E-state index is 12.5. The Kier molecular flexibility index (Phi) is 6.84. The maximum atomic E-state index is 12.5. The standard InChI is InChI=1S/C16H17F3N4O5S/c1-27-12-9-13(28-2)21-14(20-12)22-15(24)23-29(25,26)11-6-4-3-5-10(11)7-8-16(17,18)19/h3-6,9H,7-8H2,1-2H3,(H2,20,21,22,23,24). The number of halogens is 3. The number of carbonyl (C=O) groups is 1. The van der Waals surface area contributed by atoms with Crippen molar-refractivity contribution in [2.24, 2.45) is 0 Å². The van der Waals surface area contributed by atoms with Gasteiger partial charge in [0.05, 0.1) is 25.2 Å². The van der Waals surface area contributed by atoms with Crippen molar-refractivity contribution < 1.29 is 35.9 Å². The summed E-state index contributed by atoms with van der Waals surface area (Å²) in [5.41, 5.74) is -0.0792. The van der Waals surface area contributed by atoms with Gasteiger partial charge in [0.25, 0.3) is 10.0 Å². The van der Waals surface area contributed by atoms with Gasteiger partial charge in [-0.2, -0.15) is 23.1 Å². The van der Waals surface area contributed by atoms with Crippen LogP contribution in [0, 0.1) is 0 Å². The number of carbonyl (C=O) groups excluding carboxylic acids is 1. The Labute approximate surface area is 164 Å². The monoisotopic (exact) mass is 434 g/mol. The van der Waals surface area contributed by atoms with Crippen molar-refractivity contribution in [2.45, 2.75) is 23.9 Å². The molecule has 0 saturated heterocycles. The number of aryl methyl sites for hydroxylation is 1. The van der Waals surface area contributed by atoms with Crippen LogP contribution in [-0.2, 0) is 16.4 Å². The molecule has 0 radical (unpaired) electrons. The Hall–Kier alpha value is -3.09. The second kappa shape index (κ2) is 8.94. The van der Waals surface area contributed by atoms with Crippen molar-refractivity contribution >= 4 is 22.0 Å². The number of hydrogen-bond acceptors (Lipinski definition) is 7. The smallest absolute Gasteiger partial charge is 0.389 e. The van der Waals surface area contributed by atoms with Gasteiger partial charge in [0.2, 0.25) is 17.7 Å². The Morgan fingerprint density at radius 2 is 1.69 bits per heavy atom. The Bertz CT molecular complexity index is 961. The lowest BCUT2D eigenvalue weighted by molar-refractivity contribution is -0.134. The van der Waals surface area contributed by atoms with Crippen LogP contribution in [0.3, 0.4) is 0 Å². The van der Waals surface area contributed by atoms with E-state index in [-0.39, 0.29) is 23.3 Å². The molecule has 0 aliphatic heterocycles. The summed E-state index contributed by atoms with van der Waals surface area (Å²) in [6, 6.07) is 5.20. The largest absolute Gasteiger partial charge is 0.481 e. The van der Waals surface area contributed by atoms with Gasteiger partial charge in [0.15, 0.2) is 0 Å². The van der Waals surface area contributed by atoms with Gasteiger partial charge in [-0.1, -0.05) is 18.2 Å². The van der Waals surface area contributed by atoms with Crippen molar-refractivity contribution in [1.29, 1.82) is 0 Å². The number of hydrogen-bond donors (Lipinski definition) is 2. The molecule has 0 unspecified atom stereocenters. The number of anilines is 1. The SMILES string of the molecule is COc1cc(OC)nc(NC(=O)NS(=O)(=O)c2ccccc2CCC(F)(F)F)n1. The molecule has 2 N–H and O–H groups in total. The number of aromatic nitrogens is 2. The summed E-state index contributed by atoms with van der Waals surface area (Å²) in [6.07, 6.45) is -6.22. The van der Waals surface area contributed by atoms with E-state index in [1.165, 1.54) is 38.5 Å². The van der Waals surface area contributed by atoms with E-state index in [1.54, 1.807) is 4.72 Å². The molecule has 2 aromatic rings. The molecule has 29 heavy (non-hydrogen) atoms. The third kappa shape index (κ3) is 6.48. The zero-order chi connectivity index (χ0) is 21.7. The molecule has 0 atom stereocenters. The predicted molar refractivity (Wildman–Crippen MR) is 95.3 cm³/mol. The number of urea groups is 1. The fourth-order valence-electron chi connectivity index (χ4n) is 2.22. The molecule has 1 aromatic carbocycles. The van der Waals surface area contributed by atoms with E-state index >= 15 is 0 Å². The van der Waals surface area contributed by atoms with Gasteiger partial charge in [-0.25, -0.2) is 17.9 Å². The lowest BCUT2D eigenvalue weighted by Gasteiger charge is -2.13. The fourth-order valence-corrected chi connectivity index (χ4v) is 3.40. The van der Waals surface area contributed by atoms with Crippen LogP contribution in [0.4, 0.5) is 23.9 Å². The highest BCUT2D eigenvalue weighted by Gasteiger charge is 2.29.